The molecule has 19 heavy (non-hydrogen) atoms. The van der Waals surface area contributed by atoms with Crippen molar-refractivity contribution in [2.45, 2.75) is 18.9 Å². The third kappa shape index (κ3) is 4.26. The fourth-order valence-corrected chi connectivity index (χ4v) is 1.93. The van der Waals surface area contributed by atoms with E-state index in [0.717, 1.165) is 6.42 Å². The van der Waals surface area contributed by atoms with E-state index in [2.05, 4.69) is 10.6 Å². The molecule has 0 saturated carbocycles. The van der Waals surface area contributed by atoms with E-state index in [4.69, 9.17) is 9.84 Å². The van der Waals surface area contributed by atoms with Crippen molar-refractivity contribution in [2.75, 3.05) is 18.5 Å². The van der Waals surface area contributed by atoms with Crippen molar-refractivity contribution >= 4 is 17.7 Å². The van der Waals surface area contributed by atoms with Gasteiger partial charge >= 0.3 is 12.0 Å². The van der Waals surface area contributed by atoms with E-state index in [1.807, 2.05) is 0 Å². The smallest absolute Gasteiger partial charge is 0.319 e. The predicted molar refractivity (Wildman–Crippen MR) is 69.2 cm³/mol. The molecule has 1 saturated heterocycles. The Morgan fingerprint density at radius 2 is 2.26 bits per heavy atom. The fourth-order valence-electron chi connectivity index (χ4n) is 1.93. The molecule has 3 N–H and O–H groups in total. The molecule has 2 amide bonds. The Morgan fingerprint density at radius 3 is 2.95 bits per heavy atom. The molecule has 1 aliphatic rings. The summed E-state index contributed by atoms with van der Waals surface area (Å²) in [4.78, 5) is 22.3. The first-order valence-electron chi connectivity index (χ1n) is 6.09. The molecule has 6 nitrogen and oxygen atoms in total. The van der Waals surface area contributed by atoms with Gasteiger partial charge in [-0.05, 0) is 24.1 Å². The number of ether oxygens (including phenoxy) is 1. The molecular weight excluding hydrogens is 248 g/mol. The van der Waals surface area contributed by atoms with Crippen molar-refractivity contribution in [1.29, 1.82) is 0 Å². The Balaban J connectivity index is 1.90. The summed E-state index contributed by atoms with van der Waals surface area (Å²) in [5.74, 6) is -0.898. The molecule has 1 unspecified atom stereocenters. The lowest BCUT2D eigenvalue weighted by atomic mass is 10.1. The molecule has 0 spiro atoms. The zero-order chi connectivity index (χ0) is 13.7. The molecule has 0 aromatic heterocycles. The summed E-state index contributed by atoms with van der Waals surface area (Å²) in [7, 11) is 0. The van der Waals surface area contributed by atoms with Crippen LogP contribution < -0.4 is 10.6 Å². The summed E-state index contributed by atoms with van der Waals surface area (Å²) in [6, 6.07) is 6.54. The van der Waals surface area contributed by atoms with Crippen molar-refractivity contribution in [3.05, 3.63) is 29.8 Å². The molecule has 6 heteroatoms. The van der Waals surface area contributed by atoms with Crippen LogP contribution in [0.25, 0.3) is 0 Å². The molecule has 0 aliphatic carbocycles. The highest BCUT2D eigenvalue weighted by atomic mass is 16.5. The van der Waals surface area contributed by atoms with Crippen LogP contribution in [0.2, 0.25) is 0 Å². The van der Waals surface area contributed by atoms with Crippen LogP contribution in [0.4, 0.5) is 10.5 Å². The monoisotopic (exact) mass is 264 g/mol. The van der Waals surface area contributed by atoms with Gasteiger partial charge in [0.1, 0.15) is 0 Å². The van der Waals surface area contributed by atoms with Gasteiger partial charge in [0.15, 0.2) is 0 Å². The zero-order valence-corrected chi connectivity index (χ0v) is 10.4. The second kappa shape index (κ2) is 6.19. The molecule has 0 radical (unpaired) electrons. The lowest BCUT2D eigenvalue weighted by Gasteiger charge is -2.12. The highest BCUT2D eigenvalue weighted by Gasteiger charge is 2.17. The van der Waals surface area contributed by atoms with E-state index in [1.165, 1.54) is 0 Å². The largest absolute Gasteiger partial charge is 0.481 e. The van der Waals surface area contributed by atoms with E-state index in [-0.39, 0.29) is 18.5 Å². The fraction of sp³-hybridized carbons (Fsp3) is 0.385. The Morgan fingerprint density at radius 1 is 1.42 bits per heavy atom. The van der Waals surface area contributed by atoms with Crippen LogP contribution in [0.1, 0.15) is 12.0 Å². The molecule has 1 atom stereocenters. The van der Waals surface area contributed by atoms with Gasteiger partial charge in [-0.15, -0.1) is 0 Å². The van der Waals surface area contributed by atoms with E-state index in [9.17, 15) is 9.59 Å². The molecule has 0 bridgehead atoms. The van der Waals surface area contributed by atoms with Gasteiger partial charge in [-0.3, -0.25) is 4.79 Å². The SMILES string of the molecule is O=C(O)Cc1cccc(NC(=O)NC2CCOC2)c1. The van der Waals surface area contributed by atoms with Gasteiger partial charge in [0.25, 0.3) is 0 Å². The number of carbonyl (C=O) groups excluding carboxylic acids is 1. The van der Waals surface area contributed by atoms with Gasteiger partial charge in [-0.1, -0.05) is 12.1 Å². The summed E-state index contributed by atoms with van der Waals surface area (Å²) >= 11 is 0. The van der Waals surface area contributed by atoms with Crippen molar-refractivity contribution in [3.8, 4) is 0 Å². The van der Waals surface area contributed by atoms with Crippen molar-refractivity contribution in [2.24, 2.45) is 0 Å². The number of amides is 2. The topological polar surface area (TPSA) is 87.7 Å². The Kier molecular flexibility index (Phi) is 4.35. The summed E-state index contributed by atoms with van der Waals surface area (Å²) in [5.41, 5.74) is 1.23. The Labute approximate surface area is 110 Å². The number of carbonyl (C=O) groups is 2. The van der Waals surface area contributed by atoms with E-state index in [1.54, 1.807) is 24.3 Å². The minimum absolute atomic E-state index is 0.0437. The number of carboxylic acid groups (broad SMARTS) is 1. The lowest BCUT2D eigenvalue weighted by molar-refractivity contribution is -0.136. The summed E-state index contributed by atoms with van der Waals surface area (Å²) in [6.45, 7) is 1.20. The van der Waals surface area contributed by atoms with E-state index < -0.39 is 5.97 Å². The Hall–Kier alpha value is -2.08. The number of urea groups is 1. The van der Waals surface area contributed by atoms with Crippen LogP contribution in [0.15, 0.2) is 24.3 Å². The number of aliphatic carboxylic acids is 1. The van der Waals surface area contributed by atoms with Gasteiger partial charge in [-0.2, -0.15) is 0 Å². The van der Waals surface area contributed by atoms with Crippen LogP contribution in [-0.4, -0.2) is 36.4 Å². The van der Waals surface area contributed by atoms with Crippen LogP contribution >= 0.6 is 0 Å². The van der Waals surface area contributed by atoms with Crippen LogP contribution in [0, 0.1) is 0 Å². The van der Waals surface area contributed by atoms with Crippen LogP contribution in [0.3, 0.4) is 0 Å². The lowest BCUT2D eigenvalue weighted by Crippen LogP contribution is -2.38. The highest BCUT2D eigenvalue weighted by molar-refractivity contribution is 5.89. The number of nitrogens with one attached hydrogen (secondary N) is 2. The summed E-state index contributed by atoms with van der Waals surface area (Å²) in [5, 5.41) is 14.2. The van der Waals surface area contributed by atoms with Gasteiger partial charge < -0.3 is 20.5 Å². The number of carboxylic acids is 1. The first-order valence-corrected chi connectivity index (χ1v) is 6.09. The average Bonchev–Trinajstić information content (AvgIpc) is 2.81. The molecule has 102 valence electrons. The van der Waals surface area contributed by atoms with Gasteiger partial charge in [0, 0.05) is 12.3 Å². The van der Waals surface area contributed by atoms with E-state index in [0.29, 0.717) is 24.5 Å². The minimum Gasteiger partial charge on any atom is -0.481 e. The van der Waals surface area contributed by atoms with Crippen molar-refractivity contribution < 1.29 is 19.4 Å². The minimum atomic E-state index is -0.898. The third-order valence-electron chi connectivity index (χ3n) is 2.81. The zero-order valence-electron chi connectivity index (χ0n) is 10.4. The number of benzene rings is 1. The second-order valence-electron chi connectivity index (χ2n) is 4.43. The predicted octanol–water partition coefficient (Wildman–Crippen LogP) is 1.22. The molecule has 1 fully saturated rings. The first-order chi connectivity index (χ1) is 9.13. The normalized spacial score (nSPS) is 18.0. The number of hydrogen-bond acceptors (Lipinski definition) is 3. The van der Waals surface area contributed by atoms with Gasteiger partial charge in [-0.25, -0.2) is 4.79 Å². The number of rotatable bonds is 4. The maximum atomic E-state index is 11.7. The van der Waals surface area contributed by atoms with E-state index >= 15 is 0 Å². The second-order valence-corrected chi connectivity index (χ2v) is 4.43. The Bertz CT molecular complexity index is 469. The van der Waals surface area contributed by atoms with Gasteiger partial charge in [0.05, 0.1) is 19.1 Å². The maximum absolute atomic E-state index is 11.7. The molecule has 1 heterocycles. The van der Waals surface area contributed by atoms with Gasteiger partial charge in [0.2, 0.25) is 0 Å². The number of hydrogen-bond donors (Lipinski definition) is 3. The molecule has 1 aliphatic heterocycles. The molecular formula is C13H16N2O4. The standard InChI is InChI=1S/C13H16N2O4/c16-12(17)7-9-2-1-3-10(6-9)14-13(18)15-11-4-5-19-8-11/h1-3,6,11H,4-5,7-8H2,(H,16,17)(H2,14,15,18). The molecule has 1 aromatic carbocycles. The third-order valence-corrected chi connectivity index (χ3v) is 2.81. The van der Waals surface area contributed by atoms with Crippen molar-refractivity contribution in [1.82, 2.24) is 5.32 Å². The quantitative estimate of drug-likeness (QED) is 0.763. The van der Waals surface area contributed by atoms with Crippen molar-refractivity contribution in [3.63, 3.8) is 0 Å². The van der Waals surface area contributed by atoms with Crippen LogP contribution in [0.5, 0.6) is 0 Å². The average molecular weight is 264 g/mol. The maximum Gasteiger partial charge on any atom is 0.319 e. The highest BCUT2D eigenvalue weighted by Crippen LogP contribution is 2.11. The molecule has 2 rings (SSSR count). The summed E-state index contributed by atoms with van der Waals surface area (Å²) in [6.07, 6.45) is 0.750. The summed E-state index contributed by atoms with van der Waals surface area (Å²) < 4.78 is 5.16. The van der Waals surface area contributed by atoms with Crippen LogP contribution in [-0.2, 0) is 16.0 Å². The number of anilines is 1. The first kappa shape index (κ1) is 13.4. The molecule has 1 aromatic rings.